The van der Waals surface area contributed by atoms with E-state index in [0.29, 0.717) is 29.9 Å². The lowest BCUT2D eigenvalue weighted by Gasteiger charge is -2.16. The Hall–Kier alpha value is -2.27. The molecule has 1 unspecified atom stereocenters. The summed E-state index contributed by atoms with van der Waals surface area (Å²) in [6, 6.07) is 9.14. The summed E-state index contributed by atoms with van der Waals surface area (Å²) in [6.45, 7) is 5.99. The van der Waals surface area contributed by atoms with Crippen molar-refractivity contribution in [3.8, 4) is 0 Å². The summed E-state index contributed by atoms with van der Waals surface area (Å²) in [4.78, 5) is 25.5. The number of benzene rings is 1. The van der Waals surface area contributed by atoms with Gasteiger partial charge in [-0.2, -0.15) is 0 Å². The molecule has 0 saturated heterocycles. The first-order valence-electron chi connectivity index (χ1n) is 7.71. The molecule has 1 aliphatic rings. The van der Waals surface area contributed by atoms with E-state index in [1.54, 1.807) is 25.1 Å². The molecule has 1 aromatic carbocycles. The van der Waals surface area contributed by atoms with Crippen LogP contribution in [0.5, 0.6) is 0 Å². The van der Waals surface area contributed by atoms with Gasteiger partial charge in [0.15, 0.2) is 0 Å². The van der Waals surface area contributed by atoms with Gasteiger partial charge in [0.05, 0.1) is 0 Å². The van der Waals surface area contributed by atoms with Crippen molar-refractivity contribution >= 4 is 29.6 Å². The predicted octanol–water partition coefficient (Wildman–Crippen LogP) is 3.83. The minimum atomic E-state index is -0.935. The number of hydrogen-bond acceptors (Lipinski definition) is 3. The van der Waals surface area contributed by atoms with Gasteiger partial charge in [0, 0.05) is 22.7 Å². The summed E-state index contributed by atoms with van der Waals surface area (Å²) in [5.74, 6) is -0.920. The molecule has 1 aromatic heterocycles. The van der Waals surface area contributed by atoms with Gasteiger partial charge in [-0.3, -0.25) is 9.59 Å². The molecule has 5 heteroatoms. The zero-order chi connectivity index (χ0) is 17.5. The van der Waals surface area contributed by atoms with Crippen LogP contribution in [0.15, 0.2) is 41.8 Å². The molecule has 4 nitrogen and oxygen atoms in total. The number of aromatic nitrogens is 1. The fourth-order valence-electron chi connectivity index (χ4n) is 3.19. The number of carboxylic acids is 1. The van der Waals surface area contributed by atoms with Crippen molar-refractivity contribution in [2.24, 2.45) is 0 Å². The van der Waals surface area contributed by atoms with Gasteiger partial charge >= 0.3 is 5.97 Å². The van der Waals surface area contributed by atoms with Crippen LogP contribution in [0.4, 0.5) is 0 Å². The number of carbonyl (C=O) groups is 2. The average Bonchev–Trinajstić information content (AvgIpc) is 3.12. The van der Waals surface area contributed by atoms with E-state index in [1.807, 2.05) is 29.0 Å². The maximum Gasteiger partial charge on any atom is 0.315 e. The van der Waals surface area contributed by atoms with Crippen LogP contribution < -0.4 is 0 Å². The van der Waals surface area contributed by atoms with E-state index in [4.69, 9.17) is 0 Å². The second-order valence-electron chi connectivity index (χ2n) is 6.14. The molecule has 1 N–H and O–H groups in total. The smallest absolute Gasteiger partial charge is 0.315 e. The standard InChI is InChI=1S/C19H19NO3S/c1-4-12-5-7-13(8-6-12)17(21)16-14(24-3)11-15-19(2,18(22)23)9-10-20(15)16/h4-8,11H,1,9-10H2,2-3H3,(H,22,23). The Balaban J connectivity index is 2.10. The van der Waals surface area contributed by atoms with Crippen molar-refractivity contribution in [3.63, 3.8) is 0 Å². The zero-order valence-electron chi connectivity index (χ0n) is 13.7. The third-order valence-corrected chi connectivity index (χ3v) is 5.53. The summed E-state index contributed by atoms with van der Waals surface area (Å²) in [6.07, 6.45) is 4.14. The molecule has 3 rings (SSSR count). The van der Waals surface area contributed by atoms with Crippen LogP contribution in [-0.2, 0) is 16.8 Å². The molecule has 124 valence electrons. The zero-order valence-corrected chi connectivity index (χ0v) is 14.5. The van der Waals surface area contributed by atoms with Crippen LogP contribution in [-0.4, -0.2) is 27.7 Å². The lowest BCUT2D eigenvalue weighted by atomic mass is 9.86. The highest BCUT2D eigenvalue weighted by atomic mass is 32.2. The van der Waals surface area contributed by atoms with Gasteiger partial charge in [-0.25, -0.2) is 0 Å². The predicted molar refractivity (Wildman–Crippen MR) is 95.8 cm³/mol. The molecule has 0 fully saturated rings. The Morgan fingerprint density at radius 3 is 2.54 bits per heavy atom. The number of aliphatic carboxylic acids is 1. The number of carboxylic acid groups (broad SMARTS) is 1. The highest BCUT2D eigenvalue weighted by molar-refractivity contribution is 7.98. The molecule has 1 aliphatic heterocycles. The van der Waals surface area contributed by atoms with Gasteiger partial charge in [0.1, 0.15) is 11.1 Å². The van der Waals surface area contributed by atoms with E-state index in [0.717, 1.165) is 10.5 Å². The van der Waals surface area contributed by atoms with E-state index in [-0.39, 0.29) is 5.78 Å². The van der Waals surface area contributed by atoms with Crippen molar-refractivity contribution in [2.45, 2.75) is 30.2 Å². The van der Waals surface area contributed by atoms with Crippen LogP contribution in [0.1, 0.15) is 40.7 Å². The second kappa shape index (κ2) is 5.98. The fraction of sp³-hybridized carbons (Fsp3) is 0.263. The molecular weight excluding hydrogens is 322 g/mol. The molecule has 1 atom stereocenters. The minimum absolute atomic E-state index is 0.0733. The number of ketones is 1. The lowest BCUT2D eigenvalue weighted by Crippen LogP contribution is -2.29. The number of carbonyl (C=O) groups excluding carboxylic acids is 1. The van der Waals surface area contributed by atoms with Crippen molar-refractivity contribution in [1.82, 2.24) is 4.57 Å². The Morgan fingerprint density at radius 2 is 2.00 bits per heavy atom. The van der Waals surface area contributed by atoms with Gasteiger partial charge in [0.2, 0.25) is 5.78 Å². The molecule has 0 radical (unpaired) electrons. The Bertz CT molecular complexity index is 835. The van der Waals surface area contributed by atoms with Crippen molar-refractivity contribution < 1.29 is 14.7 Å². The molecular formula is C19H19NO3S. The number of nitrogens with zero attached hydrogens (tertiary/aromatic N) is 1. The first-order chi connectivity index (χ1) is 11.4. The fourth-order valence-corrected chi connectivity index (χ4v) is 3.82. The van der Waals surface area contributed by atoms with Gasteiger partial charge in [0.25, 0.3) is 0 Å². The largest absolute Gasteiger partial charge is 0.481 e. The number of thioether (sulfide) groups is 1. The molecule has 0 spiro atoms. The summed E-state index contributed by atoms with van der Waals surface area (Å²) >= 11 is 1.47. The van der Waals surface area contributed by atoms with Crippen LogP contribution in [0, 0.1) is 0 Å². The highest BCUT2D eigenvalue weighted by Crippen LogP contribution is 2.41. The first-order valence-corrected chi connectivity index (χ1v) is 8.93. The Morgan fingerprint density at radius 1 is 1.33 bits per heavy atom. The average molecular weight is 341 g/mol. The SMILES string of the molecule is C=Cc1ccc(C(=O)c2c(SC)cc3n2CCC3(C)C(=O)O)cc1. The molecule has 0 saturated carbocycles. The quantitative estimate of drug-likeness (QED) is 0.663. The summed E-state index contributed by atoms with van der Waals surface area (Å²) in [5.41, 5.74) is 1.92. The number of hydrogen-bond donors (Lipinski definition) is 1. The normalized spacial score (nSPS) is 19.1. The maximum absolute atomic E-state index is 13.0. The topological polar surface area (TPSA) is 59.3 Å². The minimum Gasteiger partial charge on any atom is -0.481 e. The van der Waals surface area contributed by atoms with Crippen molar-refractivity contribution in [3.05, 3.63) is 59.4 Å². The van der Waals surface area contributed by atoms with Crippen molar-refractivity contribution in [1.29, 1.82) is 0 Å². The molecule has 0 bridgehead atoms. The Labute approximate surface area is 145 Å². The lowest BCUT2D eigenvalue weighted by molar-refractivity contribution is -0.143. The summed E-state index contributed by atoms with van der Waals surface area (Å²) in [7, 11) is 0. The van der Waals surface area contributed by atoms with Crippen LogP contribution in [0.2, 0.25) is 0 Å². The van der Waals surface area contributed by atoms with Gasteiger partial charge in [-0.15, -0.1) is 11.8 Å². The third-order valence-electron chi connectivity index (χ3n) is 4.78. The molecule has 0 aliphatic carbocycles. The van der Waals surface area contributed by atoms with E-state index >= 15 is 0 Å². The second-order valence-corrected chi connectivity index (χ2v) is 6.99. The third kappa shape index (κ3) is 2.40. The van der Waals surface area contributed by atoms with Crippen LogP contribution in [0.25, 0.3) is 6.08 Å². The molecule has 2 aromatic rings. The van der Waals surface area contributed by atoms with Gasteiger partial charge < -0.3 is 9.67 Å². The monoisotopic (exact) mass is 341 g/mol. The van der Waals surface area contributed by atoms with E-state index in [2.05, 4.69) is 6.58 Å². The molecule has 0 amide bonds. The van der Waals surface area contributed by atoms with Crippen LogP contribution >= 0.6 is 11.8 Å². The summed E-state index contributed by atoms with van der Waals surface area (Å²) < 4.78 is 1.88. The molecule has 24 heavy (non-hydrogen) atoms. The Kier molecular flexibility index (Phi) is 4.13. The van der Waals surface area contributed by atoms with Gasteiger partial charge in [-0.1, -0.05) is 36.9 Å². The number of fused-ring (bicyclic) bond motifs is 1. The first kappa shape index (κ1) is 16.6. The highest BCUT2D eigenvalue weighted by Gasteiger charge is 2.44. The van der Waals surface area contributed by atoms with E-state index in [9.17, 15) is 14.7 Å². The van der Waals surface area contributed by atoms with E-state index in [1.165, 1.54) is 11.8 Å². The molecule has 2 heterocycles. The van der Waals surface area contributed by atoms with Crippen molar-refractivity contribution in [2.75, 3.05) is 6.26 Å². The summed E-state index contributed by atoms with van der Waals surface area (Å²) in [5, 5.41) is 9.59. The maximum atomic E-state index is 13.0. The van der Waals surface area contributed by atoms with Gasteiger partial charge in [-0.05, 0) is 31.2 Å². The van der Waals surface area contributed by atoms with Crippen LogP contribution in [0.3, 0.4) is 0 Å². The number of rotatable bonds is 5. The van der Waals surface area contributed by atoms with E-state index < -0.39 is 11.4 Å².